The third-order valence-corrected chi connectivity index (χ3v) is 13.3. The van der Waals surface area contributed by atoms with Crippen LogP contribution in [-0.2, 0) is 14.3 Å². The molecule has 63 heavy (non-hydrogen) atoms. The Morgan fingerprint density at radius 3 is 1.33 bits per heavy atom. The number of nitrogens with one attached hydrogen (secondary N) is 1. The number of carbonyl (C=O) groups is 1. The fraction of sp³-hybridized carbons (Fsp3) is 0.981. The number of hydrogen-bond donors (Lipinski definition) is 7. The van der Waals surface area contributed by atoms with E-state index in [-0.39, 0.29) is 18.9 Å². The molecule has 376 valence electrons. The number of hydrogen-bond acceptors (Lipinski definition) is 10. The third kappa shape index (κ3) is 31.7. The van der Waals surface area contributed by atoms with E-state index in [2.05, 4.69) is 31.0 Å². The van der Waals surface area contributed by atoms with Crippen molar-refractivity contribution in [2.24, 2.45) is 0 Å². The minimum Gasteiger partial charge on any atom is -0.394 e. The van der Waals surface area contributed by atoms with Gasteiger partial charge in [0.25, 0.3) is 0 Å². The lowest BCUT2D eigenvalue weighted by molar-refractivity contribution is -0.303. The van der Waals surface area contributed by atoms with E-state index in [1.807, 2.05) is 0 Å². The van der Waals surface area contributed by atoms with E-state index >= 15 is 0 Å². The molecule has 7 N–H and O–H groups in total. The molecule has 0 spiro atoms. The van der Waals surface area contributed by atoms with E-state index in [9.17, 15) is 35.4 Å². The third-order valence-electron chi connectivity index (χ3n) is 13.3. The standard InChI is InChI=1S/C52H104N2O9/c1-4-7-10-13-16-17-18-19-20-21-24-27-32-37-45(56)48(58)44(43-62-52-51(61)50(60)49(59)46(42-55)63-52)53-47(57)38-33-28-25-22-23-26-31-36-41-54(39-34-29-14-11-8-5-2)40-35-30-15-12-9-6-3/h44-46,48-52,55-56,58-61H,4-43H2,1-3H3,(H,53,57)/t44-,45+,46+,48-,49-,50-,51+,52-/m0/s1. The molecule has 1 aliphatic heterocycles. The quantitative estimate of drug-likeness (QED) is 0.0292. The van der Waals surface area contributed by atoms with Gasteiger partial charge in [0.15, 0.2) is 6.29 Å². The molecule has 11 heteroatoms. The van der Waals surface area contributed by atoms with Crippen molar-refractivity contribution in [1.29, 1.82) is 0 Å². The first kappa shape index (κ1) is 60.1. The van der Waals surface area contributed by atoms with Gasteiger partial charge in [-0.15, -0.1) is 0 Å². The van der Waals surface area contributed by atoms with Gasteiger partial charge >= 0.3 is 0 Å². The first-order valence-corrected chi connectivity index (χ1v) is 27.0. The molecule has 0 bridgehead atoms. The molecule has 8 atom stereocenters. The van der Waals surface area contributed by atoms with Crippen LogP contribution in [0, 0.1) is 0 Å². The Hall–Kier alpha value is -0.890. The normalized spacial score (nSPS) is 20.6. The Bertz CT molecular complexity index is 977. The van der Waals surface area contributed by atoms with E-state index in [1.165, 1.54) is 180 Å². The fourth-order valence-electron chi connectivity index (χ4n) is 8.97. The van der Waals surface area contributed by atoms with Gasteiger partial charge in [-0.25, -0.2) is 0 Å². The number of aliphatic hydroxyl groups excluding tert-OH is 6. The summed E-state index contributed by atoms with van der Waals surface area (Å²) in [5, 5.41) is 65.6. The topological polar surface area (TPSA) is 172 Å². The average Bonchev–Trinajstić information content (AvgIpc) is 3.28. The van der Waals surface area contributed by atoms with Crippen molar-refractivity contribution in [2.75, 3.05) is 32.8 Å². The van der Waals surface area contributed by atoms with Crippen LogP contribution in [-0.4, -0.2) is 123 Å². The summed E-state index contributed by atoms with van der Waals surface area (Å²) in [5.74, 6) is -0.254. The van der Waals surface area contributed by atoms with Crippen molar-refractivity contribution < 1.29 is 44.9 Å². The second-order valence-electron chi connectivity index (χ2n) is 19.2. The molecular weight excluding hydrogens is 797 g/mol. The second-order valence-corrected chi connectivity index (χ2v) is 19.2. The molecule has 0 radical (unpaired) electrons. The monoisotopic (exact) mass is 901 g/mol. The van der Waals surface area contributed by atoms with Crippen molar-refractivity contribution in [3.8, 4) is 0 Å². The van der Waals surface area contributed by atoms with Crippen LogP contribution in [0.5, 0.6) is 0 Å². The summed E-state index contributed by atoms with van der Waals surface area (Å²) in [7, 11) is 0. The van der Waals surface area contributed by atoms with Crippen LogP contribution in [0.4, 0.5) is 0 Å². The zero-order valence-electron chi connectivity index (χ0n) is 41.3. The Kier molecular flexibility index (Phi) is 40.5. The summed E-state index contributed by atoms with van der Waals surface area (Å²) in [6.07, 6.45) is 31.8. The van der Waals surface area contributed by atoms with Crippen molar-refractivity contribution in [3.63, 3.8) is 0 Å². The van der Waals surface area contributed by atoms with Crippen molar-refractivity contribution in [2.45, 2.75) is 294 Å². The number of rotatable bonds is 46. The predicted octanol–water partition coefficient (Wildman–Crippen LogP) is 10.0. The number of amides is 1. The summed E-state index contributed by atoms with van der Waals surface area (Å²) in [6.45, 7) is 9.63. The molecule has 0 aromatic rings. The van der Waals surface area contributed by atoms with Gasteiger partial charge < -0.3 is 50.3 Å². The molecule has 0 aromatic carbocycles. The Morgan fingerprint density at radius 1 is 0.540 bits per heavy atom. The summed E-state index contributed by atoms with van der Waals surface area (Å²) >= 11 is 0. The molecule has 11 nitrogen and oxygen atoms in total. The van der Waals surface area contributed by atoms with Gasteiger partial charge in [0.05, 0.1) is 25.4 Å². The molecular formula is C52H104N2O9. The second kappa shape index (κ2) is 42.5. The average molecular weight is 901 g/mol. The van der Waals surface area contributed by atoms with Crippen LogP contribution >= 0.6 is 0 Å². The number of carbonyl (C=O) groups excluding carboxylic acids is 1. The molecule has 1 amide bonds. The van der Waals surface area contributed by atoms with Gasteiger partial charge in [-0.2, -0.15) is 0 Å². The highest BCUT2D eigenvalue weighted by Crippen LogP contribution is 2.23. The van der Waals surface area contributed by atoms with Crippen LogP contribution in [0.3, 0.4) is 0 Å². The van der Waals surface area contributed by atoms with E-state index in [0.717, 1.165) is 51.4 Å². The molecule has 1 heterocycles. The number of unbranched alkanes of at least 4 members (excludes halogenated alkanes) is 29. The van der Waals surface area contributed by atoms with Crippen molar-refractivity contribution >= 4 is 5.91 Å². The predicted molar refractivity (Wildman–Crippen MR) is 259 cm³/mol. The van der Waals surface area contributed by atoms with E-state index < -0.39 is 55.6 Å². The Balaban J connectivity index is 2.46. The molecule has 1 rings (SSSR count). The molecule has 1 fully saturated rings. The molecule has 0 aliphatic carbocycles. The number of ether oxygens (including phenoxy) is 2. The van der Waals surface area contributed by atoms with Gasteiger partial charge in [-0.05, 0) is 51.7 Å². The zero-order valence-corrected chi connectivity index (χ0v) is 41.3. The van der Waals surface area contributed by atoms with Crippen LogP contribution in [0.1, 0.15) is 245 Å². The molecule has 0 aromatic heterocycles. The highest BCUT2D eigenvalue weighted by atomic mass is 16.7. The first-order chi connectivity index (χ1) is 30.7. The lowest BCUT2D eigenvalue weighted by atomic mass is 9.98. The summed E-state index contributed by atoms with van der Waals surface area (Å²) in [5.41, 5.74) is 0. The van der Waals surface area contributed by atoms with Gasteiger partial charge in [-0.1, -0.05) is 207 Å². The van der Waals surface area contributed by atoms with E-state index in [1.54, 1.807) is 0 Å². The highest BCUT2D eigenvalue weighted by molar-refractivity contribution is 5.76. The fourth-order valence-corrected chi connectivity index (χ4v) is 8.97. The van der Waals surface area contributed by atoms with Gasteiger partial charge in [0.1, 0.15) is 30.5 Å². The summed E-state index contributed by atoms with van der Waals surface area (Å²) < 4.78 is 11.2. The van der Waals surface area contributed by atoms with E-state index in [0.29, 0.717) is 6.42 Å². The molecule has 1 saturated heterocycles. The number of nitrogens with zero attached hydrogens (tertiary/aromatic N) is 1. The lowest BCUT2D eigenvalue weighted by Gasteiger charge is -2.40. The minimum atomic E-state index is -1.61. The maximum atomic E-state index is 13.1. The Morgan fingerprint density at radius 2 is 0.921 bits per heavy atom. The highest BCUT2D eigenvalue weighted by Gasteiger charge is 2.44. The minimum absolute atomic E-state index is 0.254. The van der Waals surface area contributed by atoms with Gasteiger partial charge in [0.2, 0.25) is 5.91 Å². The van der Waals surface area contributed by atoms with Crippen LogP contribution < -0.4 is 5.32 Å². The van der Waals surface area contributed by atoms with Gasteiger partial charge in [0, 0.05) is 6.42 Å². The van der Waals surface area contributed by atoms with Crippen LogP contribution in [0.2, 0.25) is 0 Å². The maximum Gasteiger partial charge on any atom is 0.220 e. The van der Waals surface area contributed by atoms with Crippen molar-refractivity contribution in [1.82, 2.24) is 10.2 Å². The van der Waals surface area contributed by atoms with Gasteiger partial charge in [-0.3, -0.25) is 4.79 Å². The summed E-state index contributed by atoms with van der Waals surface area (Å²) in [4.78, 5) is 15.9. The SMILES string of the molecule is CCCCCCCCCCCCCCC[C@@H](O)[C@@H](O)[C@H](CO[C@H]1O[C@H](CO)[C@H](O)[C@H](O)[C@H]1O)NC(=O)CCCCCCCCCCN(CCCCCCCC)CCCCCCCC. The summed E-state index contributed by atoms with van der Waals surface area (Å²) in [6, 6.07) is -0.991. The molecule has 0 saturated carbocycles. The zero-order chi connectivity index (χ0) is 46.2. The Labute approximate surface area is 387 Å². The van der Waals surface area contributed by atoms with Crippen LogP contribution in [0.25, 0.3) is 0 Å². The first-order valence-electron chi connectivity index (χ1n) is 27.0. The molecule has 1 aliphatic rings. The largest absolute Gasteiger partial charge is 0.394 e. The lowest BCUT2D eigenvalue weighted by Crippen LogP contribution is -2.60. The molecule has 0 unspecified atom stereocenters. The maximum absolute atomic E-state index is 13.1. The number of aliphatic hydroxyl groups is 6. The van der Waals surface area contributed by atoms with Crippen LogP contribution in [0.15, 0.2) is 0 Å². The smallest absolute Gasteiger partial charge is 0.220 e. The van der Waals surface area contributed by atoms with Crippen molar-refractivity contribution in [3.05, 3.63) is 0 Å². The van der Waals surface area contributed by atoms with E-state index in [4.69, 9.17) is 9.47 Å².